The van der Waals surface area contributed by atoms with Crippen LogP contribution in [-0.2, 0) is 11.3 Å². The van der Waals surface area contributed by atoms with E-state index in [2.05, 4.69) is 32.6 Å². The fourth-order valence-corrected chi connectivity index (χ4v) is 4.23. The van der Waals surface area contributed by atoms with Gasteiger partial charge in [-0.05, 0) is 31.2 Å². The first kappa shape index (κ1) is 13.4. The minimum absolute atomic E-state index is 0.283. The van der Waals surface area contributed by atoms with Crippen LogP contribution in [0, 0.1) is 6.92 Å². The van der Waals surface area contributed by atoms with E-state index in [1.54, 1.807) is 0 Å². The van der Waals surface area contributed by atoms with Gasteiger partial charge in [-0.3, -0.25) is 4.90 Å². The van der Waals surface area contributed by atoms with Crippen molar-refractivity contribution < 1.29 is 9.26 Å². The first-order valence-electron chi connectivity index (χ1n) is 7.48. The topological polar surface area (TPSA) is 51.4 Å². The van der Waals surface area contributed by atoms with Crippen molar-refractivity contribution >= 4 is 11.3 Å². The van der Waals surface area contributed by atoms with Gasteiger partial charge in [-0.2, -0.15) is 4.98 Å². The summed E-state index contributed by atoms with van der Waals surface area (Å²) in [4.78, 5) is 8.37. The lowest BCUT2D eigenvalue weighted by Crippen LogP contribution is -2.48. The van der Waals surface area contributed by atoms with Crippen LogP contribution in [0.4, 0.5) is 0 Å². The lowest BCUT2D eigenvalue weighted by Gasteiger charge is -2.39. The Balaban J connectivity index is 1.55. The lowest BCUT2D eigenvalue weighted by molar-refractivity contribution is 0.00887. The smallest absolute Gasteiger partial charge is 0.231 e. The Morgan fingerprint density at radius 3 is 3.19 bits per heavy atom. The molecule has 2 saturated heterocycles. The normalized spacial score (nSPS) is 29.7. The first-order valence-corrected chi connectivity index (χ1v) is 8.36. The van der Waals surface area contributed by atoms with Gasteiger partial charge in [-0.15, -0.1) is 11.3 Å². The van der Waals surface area contributed by atoms with Crippen molar-refractivity contribution in [3.8, 4) is 0 Å². The summed E-state index contributed by atoms with van der Waals surface area (Å²) in [6.07, 6.45) is 2.43. The molecule has 0 unspecified atom stereocenters. The van der Waals surface area contributed by atoms with E-state index in [1.165, 1.54) is 4.88 Å². The second-order valence-corrected chi connectivity index (χ2v) is 6.92. The number of thiophene rings is 1. The van der Waals surface area contributed by atoms with Gasteiger partial charge in [0, 0.05) is 30.6 Å². The summed E-state index contributed by atoms with van der Waals surface area (Å²) in [6, 6.07) is 4.86. The number of rotatable bonds is 3. The second-order valence-electron chi connectivity index (χ2n) is 5.89. The number of aryl methyl sites for hydroxylation is 1. The zero-order valence-corrected chi connectivity index (χ0v) is 12.9. The summed E-state index contributed by atoms with van der Waals surface area (Å²) in [5, 5.41) is 6.07. The molecule has 0 radical (unpaired) electrons. The first-order chi connectivity index (χ1) is 10.3. The molecule has 0 N–H and O–H groups in total. The van der Waals surface area contributed by atoms with Crippen LogP contribution in [-0.4, -0.2) is 40.3 Å². The number of likely N-dealkylation sites (tertiary alicyclic amines) is 1. The van der Waals surface area contributed by atoms with Gasteiger partial charge in [0.1, 0.15) is 0 Å². The predicted molar refractivity (Wildman–Crippen MR) is 79.3 cm³/mol. The Hall–Kier alpha value is -1.24. The van der Waals surface area contributed by atoms with E-state index in [1.807, 2.05) is 18.3 Å². The highest BCUT2D eigenvalue weighted by atomic mass is 32.1. The highest BCUT2D eigenvalue weighted by molar-refractivity contribution is 7.09. The number of hydrogen-bond acceptors (Lipinski definition) is 6. The molecule has 2 aliphatic rings. The maximum atomic E-state index is 5.94. The molecule has 2 aromatic heterocycles. The summed E-state index contributed by atoms with van der Waals surface area (Å²) < 4.78 is 11.3. The monoisotopic (exact) mass is 305 g/mol. The van der Waals surface area contributed by atoms with Crippen LogP contribution in [0.25, 0.3) is 0 Å². The average molecular weight is 305 g/mol. The third kappa shape index (κ3) is 2.63. The number of piperidine rings is 1. The van der Waals surface area contributed by atoms with Crippen molar-refractivity contribution in [1.29, 1.82) is 0 Å². The molecular formula is C15H19N3O2S. The van der Waals surface area contributed by atoms with Gasteiger partial charge in [0.25, 0.3) is 0 Å². The summed E-state index contributed by atoms with van der Waals surface area (Å²) in [7, 11) is 0. The van der Waals surface area contributed by atoms with Gasteiger partial charge >= 0.3 is 0 Å². The van der Waals surface area contributed by atoms with Crippen LogP contribution in [0.15, 0.2) is 22.0 Å². The molecular weight excluding hydrogens is 286 g/mol. The van der Waals surface area contributed by atoms with Crippen molar-refractivity contribution in [3.05, 3.63) is 34.1 Å². The minimum atomic E-state index is 0.283. The zero-order chi connectivity index (χ0) is 14.2. The van der Waals surface area contributed by atoms with Crippen LogP contribution >= 0.6 is 11.3 Å². The van der Waals surface area contributed by atoms with Crippen LogP contribution in [0.5, 0.6) is 0 Å². The van der Waals surface area contributed by atoms with Gasteiger partial charge in [0.15, 0.2) is 5.82 Å². The van der Waals surface area contributed by atoms with E-state index in [9.17, 15) is 0 Å². The number of ether oxygens (including phenoxy) is 1. The molecule has 0 spiro atoms. The molecule has 6 heteroatoms. The molecule has 0 saturated carbocycles. The van der Waals surface area contributed by atoms with Gasteiger partial charge in [-0.25, -0.2) is 0 Å². The number of aromatic nitrogens is 2. The molecule has 3 atom stereocenters. The van der Waals surface area contributed by atoms with Crippen LogP contribution in [0.2, 0.25) is 0 Å². The van der Waals surface area contributed by atoms with Gasteiger partial charge in [0.2, 0.25) is 5.89 Å². The minimum Gasteiger partial charge on any atom is -0.377 e. The Bertz CT molecular complexity index is 598. The van der Waals surface area contributed by atoms with Gasteiger partial charge < -0.3 is 9.26 Å². The Labute approximate surface area is 127 Å². The Morgan fingerprint density at radius 1 is 1.48 bits per heavy atom. The molecule has 0 aromatic carbocycles. The lowest BCUT2D eigenvalue weighted by atomic mass is 9.90. The quantitative estimate of drug-likeness (QED) is 0.872. The van der Waals surface area contributed by atoms with Crippen molar-refractivity contribution in [2.75, 3.05) is 13.2 Å². The maximum absolute atomic E-state index is 5.94. The standard InChI is InChI=1S/C15H19N3O2S/c1-10-16-15(20-17-10)11-7-14-13(4-5-19-14)18(8-11)9-12-3-2-6-21-12/h2-3,6,11,13-14H,4-5,7-9H2,1H3/t11-,13+,14+/m0/s1. The number of fused-ring (bicyclic) bond motifs is 1. The summed E-state index contributed by atoms with van der Waals surface area (Å²) in [5.74, 6) is 1.76. The van der Waals surface area contributed by atoms with E-state index >= 15 is 0 Å². The average Bonchev–Trinajstić information content (AvgIpc) is 3.18. The molecule has 5 nitrogen and oxygen atoms in total. The second kappa shape index (κ2) is 5.51. The Kier molecular flexibility index (Phi) is 3.52. The van der Waals surface area contributed by atoms with Crippen LogP contribution in [0.3, 0.4) is 0 Å². The molecule has 4 heterocycles. The van der Waals surface area contributed by atoms with E-state index in [0.717, 1.165) is 38.4 Å². The molecule has 112 valence electrons. The van der Waals surface area contributed by atoms with E-state index < -0.39 is 0 Å². The highest BCUT2D eigenvalue weighted by Crippen LogP contribution is 2.36. The van der Waals surface area contributed by atoms with E-state index in [-0.39, 0.29) is 5.92 Å². The predicted octanol–water partition coefficient (Wildman–Crippen LogP) is 2.59. The van der Waals surface area contributed by atoms with Crippen molar-refractivity contribution in [2.45, 2.75) is 44.4 Å². The van der Waals surface area contributed by atoms with Gasteiger partial charge in [-0.1, -0.05) is 11.2 Å². The largest absolute Gasteiger partial charge is 0.377 e. The third-order valence-corrected chi connectivity index (χ3v) is 5.31. The molecule has 0 bridgehead atoms. The summed E-state index contributed by atoms with van der Waals surface area (Å²) in [5.41, 5.74) is 0. The number of nitrogens with zero attached hydrogens (tertiary/aromatic N) is 3. The highest BCUT2D eigenvalue weighted by Gasteiger charge is 2.42. The number of hydrogen-bond donors (Lipinski definition) is 0. The summed E-state index contributed by atoms with van der Waals surface area (Å²) >= 11 is 1.82. The fourth-order valence-electron chi connectivity index (χ4n) is 3.50. The van der Waals surface area contributed by atoms with E-state index in [4.69, 9.17) is 9.26 Å². The molecule has 2 aromatic rings. The molecule has 2 aliphatic heterocycles. The fraction of sp³-hybridized carbons (Fsp3) is 0.600. The molecule has 4 rings (SSSR count). The molecule has 2 fully saturated rings. The third-order valence-electron chi connectivity index (χ3n) is 4.45. The SMILES string of the molecule is Cc1noc([C@H]2C[C@H]3OCC[C@H]3N(Cc3cccs3)C2)n1. The van der Waals surface area contributed by atoms with E-state index in [0.29, 0.717) is 18.0 Å². The summed E-state index contributed by atoms with van der Waals surface area (Å²) in [6.45, 7) is 4.70. The van der Waals surface area contributed by atoms with Crippen molar-refractivity contribution in [3.63, 3.8) is 0 Å². The van der Waals surface area contributed by atoms with Crippen LogP contribution < -0.4 is 0 Å². The maximum Gasteiger partial charge on any atom is 0.231 e. The molecule has 0 amide bonds. The van der Waals surface area contributed by atoms with Crippen molar-refractivity contribution in [1.82, 2.24) is 15.0 Å². The van der Waals surface area contributed by atoms with Crippen molar-refractivity contribution in [2.24, 2.45) is 0 Å². The van der Waals surface area contributed by atoms with Crippen LogP contribution in [0.1, 0.15) is 35.4 Å². The molecule has 21 heavy (non-hydrogen) atoms. The zero-order valence-electron chi connectivity index (χ0n) is 12.1. The van der Waals surface area contributed by atoms with Gasteiger partial charge in [0.05, 0.1) is 12.0 Å². The molecule has 0 aliphatic carbocycles. The Morgan fingerprint density at radius 2 is 2.43 bits per heavy atom.